The van der Waals surface area contributed by atoms with Gasteiger partial charge in [-0.2, -0.15) is 0 Å². The molecule has 0 saturated carbocycles. The van der Waals surface area contributed by atoms with E-state index >= 15 is 0 Å². The highest BCUT2D eigenvalue weighted by atomic mass is 35.5. The molecule has 0 unspecified atom stereocenters. The van der Waals surface area contributed by atoms with E-state index in [1.165, 1.54) is 6.20 Å². The van der Waals surface area contributed by atoms with Crippen LogP contribution in [0.3, 0.4) is 0 Å². The van der Waals surface area contributed by atoms with Gasteiger partial charge in [0.1, 0.15) is 0 Å². The second kappa shape index (κ2) is 6.68. The first-order chi connectivity index (χ1) is 14.1. The number of H-pyrrole nitrogens is 1. The van der Waals surface area contributed by atoms with Gasteiger partial charge in [0.15, 0.2) is 5.52 Å². The first-order valence-electron chi connectivity index (χ1n) is 8.86. The first-order valence-corrected chi connectivity index (χ1v) is 9.24. The number of rotatable bonds is 2. The molecule has 0 aliphatic heterocycles. The molecule has 7 heteroatoms. The predicted octanol–water partition coefficient (Wildman–Crippen LogP) is 3.94. The Hall–Kier alpha value is -3.77. The van der Waals surface area contributed by atoms with Gasteiger partial charge in [-0.05, 0) is 12.1 Å². The summed E-state index contributed by atoms with van der Waals surface area (Å²) >= 11 is 6.26. The quantitative estimate of drug-likeness (QED) is 0.486. The molecule has 0 saturated heterocycles. The van der Waals surface area contributed by atoms with E-state index in [1.54, 1.807) is 24.5 Å². The zero-order valence-corrected chi connectivity index (χ0v) is 15.7. The fraction of sp³-hybridized carbons (Fsp3) is 0. The van der Waals surface area contributed by atoms with Gasteiger partial charge < -0.3 is 4.98 Å². The van der Waals surface area contributed by atoms with Crippen molar-refractivity contribution < 1.29 is 0 Å². The van der Waals surface area contributed by atoms with Crippen molar-refractivity contribution in [3.63, 3.8) is 0 Å². The maximum absolute atomic E-state index is 13.1. The van der Waals surface area contributed by atoms with Crippen molar-refractivity contribution >= 4 is 33.4 Å². The van der Waals surface area contributed by atoms with Crippen molar-refractivity contribution in [3.05, 3.63) is 99.0 Å². The van der Waals surface area contributed by atoms with Gasteiger partial charge in [-0.3, -0.25) is 9.78 Å². The number of pyridine rings is 2. The van der Waals surface area contributed by atoms with Gasteiger partial charge in [-0.1, -0.05) is 54.1 Å². The summed E-state index contributed by atoms with van der Waals surface area (Å²) in [5.41, 5.74) is 1.34. The molecule has 0 aliphatic carbocycles. The van der Waals surface area contributed by atoms with Crippen molar-refractivity contribution in [1.29, 1.82) is 0 Å². The normalized spacial score (nSPS) is 11.2. The average Bonchev–Trinajstić information content (AvgIpc) is 2.74. The molecule has 29 heavy (non-hydrogen) atoms. The Morgan fingerprint density at radius 3 is 2.59 bits per heavy atom. The van der Waals surface area contributed by atoms with E-state index in [-0.39, 0.29) is 5.52 Å². The highest BCUT2D eigenvalue weighted by Crippen LogP contribution is 2.28. The van der Waals surface area contributed by atoms with Gasteiger partial charge in [0.05, 0.1) is 17.4 Å². The second-order valence-electron chi connectivity index (χ2n) is 6.55. The van der Waals surface area contributed by atoms with E-state index in [0.717, 1.165) is 20.9 Å². The Balaban J connectivity index is 1.78. The molecule has 1 N–H and O–H groups in total. The largest absolute Gasteiger partial charge is 0.333 e. The van der Waals surface area contributed by atoms with Crippen molar-refractivity contribution in [2.45, 2.75) is 0 Å². The van der Waals surface area contributed by atoms with Gasteiger partial charge in [0, 0.05) is 39.3 Å². The number of hydrogen-bond acceptors (Lipinski definition) is 4. The smallest absolute Gasteiger partial charge is 0.305 e. The molecular formula is C22H13ClN4O2. The first kappa shape index (κ1) is 17.3. The molecule has 0 spiro atoms. The van der Waals surface area contributed by atoms with E-state index in [0.29, 0.717) is 21.8 Å². The van der Waals surface area contributed by atoms with Crippen molar-refractivity contribution in [3.8, 4) is 16.8 Å². The third-order valence-corrected chi connectivity index (χ3v) is 5.14. The summed E-state index contributed by atoms with van der Waals surface area (Å²) in [6.45, 7) is 0. The summed E-state index contributed by atoms with van der Waals surface area (Å²) in [5.74, 6) is 0. The molecule has 3 aromatic heterocycles. The summed E-state index contributed by atoms with van der Waals surface area (Å²) in [7, 11) is 0. The van der Waals surface area contributed by atoms with Crippen LogP contribution in [0.2, 0.25) is 5.02 Å². The Bertz CT molecular complexity index is 1520. The van der Waals surface area contributed by atoms with E-state index < -0.39 is 11.2 Å². The summed E-state index contributed by atoms with van der Waals surface area (Å²) in [4.78, 5) is 37.2. The third kappa shape index (κ3) is 2.81. The molecule has 3 heterocycles. The van der Waals surface area contributed by atoms with Crippen LogP contribution in [0.15, 0.2) is 82.8 Å². The Labute approximate surface area is 169 Å². The lowest BCUT2D eigenvalue weighted by molar-refractivity contribution is 0.897. The zero-order valence-electron chi connectivity index (χ0n) is 15.0. The van der Waals surface area contributed by atoms with Crippen LogP contribution in [-0.2, 0) is 0 Å². The summed E-state index contributed by atoms with van der Waals surface area (Å²) in [5, 5.41) is 2.15. The zero-order chi connectivity index (χ0) is 20.0. The highest BCUT2D eigenvalue weighted by molar-refractivity contribution is 6.33. The van der Waals surface area contributed by atoms with Crippen LogP contribution in [0, 0.1) is 0 Å². The van der Waals surface area contributed by atoms with Crippen LogP contribution >= 0.6 is 11.6 Å². The third-order valence-electron chi connectivity index (χ3n) is 4.81. The number of nitrogens with one attached hydrogen (secondary N) is 1. The van der Waals surface area contributed by atoms with Gasteiger partial charge >= 0.3 is 5.69 Å². The van der Waals surface area contributed by atoms with Crippen molar-refractivity contribution in [2.24, 2.45) is 0 Å². The maximum atomic E-state index is 13.1. The lowest BCUT2D eigenvalue weighted by Crippen LogP contribution is -2.34. The molecule has 140 valence electrons. The molecule has 0 bridgehead atoms. The molecule has 5 rings (SSSR count). The molecule has 5 aromatic rings. The monoisotopic (exact) mass is 400 g/mol. The van der Waals surface area contributed by atoms with Gasteiger partial charge in [0.25, 0.3) is 5.56 Å². The van der Waals surface area contributed by atoms with E-state index in [9.17, 15) is 9.59 Å². The molecule has 0 aliphatic rings. The predicted molar refractivity (Wildman–Crippen MR) is 114 cm³/mol. The molecule has 2 aromatic carbocycles. The second-order valence-corrected chi connectivity index (χ2v) is 6.96. The van der Waals surface area contributed by atoms with Crippen LogP contribution in [-0.4, -0.2) is 19.5 Å². The van der Waals surface area contributed by atoms with Gasteiger partial charge in [-0.15, -0.1) is 0 Å². The standard InChI is InChI=1S/C22H13ClN4O2/c23-17-8-4-3-6-15(17)14-9-18-20(25-11-14)21(28)27(22(29)26-18)19-12-24-10-13-5-1-2-7-16(13)19/h1-12H,(H,26,29). The van der Waals surface area contributed by atoms with Gasteiger partial charge in [-0.25, -0.2) is 14.3 Å². The fourth-order valence-corrected chi connectivity index (χ4v) is 3.68. The maximum Gasteiger partial charge on any atom is 0.333 e. The minimum absolute atomic E-state index is 0.160. The summed E-state index contributed by atoms with van der Waals surface area (Å²) in [6, 6.07) is 16.5. The molecule has 0 fully saturated rings. The van der Waals surface area contributed by atoms with Gasteiger partial charge in [0.2, 0.25) is 0 Å². The van der Waals surface area contributed by atoms with Crippen LogP contribution in [0.1, 0.15) is 0 Å². The number of fused-ring (bicyclic) bond motifs is 2. The number of halogens is 1. The number of aromatic amines is 1. The minimum Gasteiger partial charge on any atom is -0.305 e. The van der Waals surface area contributed by atoms with E-state index in [4.69, 9.17) is 11.6 Å². The Morgan fingerprint density at radius 2 is 1.72 bits per heavy atom. The Morgan fingerprint density at radius 1 is 0.931 bits per heavy atom. The Kier molecular flexibility index (Phi) is 4.00. The average molecular weight is 401 g/mol. The highest BCUT2D eigenvalue weighted by Gasteiger charge is 2.14. The lowest BCUT2D eigenvalue weighted by Gasteiger charge is -2.10. The number of nitrogens with zero attached hydrogens (tertiary/aromatic N) is 3. The molecule has 0 atom stereocenters. The summed E-state index contributed by atoms with van der Waals surface area (Å²) < 4.78 is 1.07. The minimum atomic E-state index is -0.557. The number of hydrogen-bond donors (Lipinski definition) is 1. The number of benzene rings is 2. The number of aromatic nitrogens is 4. The molecule has 0 radical (unpaired) electrons. The molecular weight excluding hydrogens is 388 g/mol. The van der Waals surface area contributed by atoms with Crippen LogP contribution < -0.4 is 11.2 Å². The van der Waals surface area contributed by atoms with E-state index in [1.807, 2.05) is 42.5 Å². The van der Waals surface area contributed by atoms with E-state index in [2.05, 4.69) is 15.0 Å². The molecule has 6 nitrogen and oxygen atoms in total. The van der Waals surface area contributed by atoms with Crippen molar-refractivity contribution in [1.82, 2.24) is 19.5 Å². The SMILES string of the molecule is O=c1[nH]c2cc(-c3ccccc3Cl)cnc2c(=O)n1-c1cncc2ccccc12. The van der Waals surface area contributed by atoms with Crippen LogP contribution in [0.5, 0.6) is 0 Å². The lowest BCUT2D eigenvalue weighted by atomic mass is 10.1. The van der Waals surface area contributed by atoms with Crippen LogP contribution in [0.4, 0.5) is 0 Å². The van der Waals surface area contributed by atoms with Crippen LogP contribution in [0.25, 0.3) is 38.6 Å². The molecule has 0 amide bonds. The summed E-state index contributed by atoms with van der Waals surface area (Å²) in [6.07, 6.45) is 4.77. The fourth-order valence-electron chi connectivity index (χ4n) is 3.44. The topological polar surface area (TPSA) is 80.6 Å². The van der Waals surface area contributed by atoms with Crippen molar-refractivity contribution in [2.75, 3.05) is 0 Å².